The van der Waals surface area contributed by atoms with E-state index in [0.717, 1.165) is 0 Å². The second kappa shape index (κ2) is 4.75. The Morgan fingerprint density at radius 2 is 2.39 bits per heavy atom. The first-order valence-corrected chi connectivity index (χ1v) is 5.32. The van der Waals surface area contributed by atoms with Crippen molar-refractivity contribution in [2.24, 2.45) is 0 Å². The van der Waals surface area contributed by atoms with E-state index in [1.165, 1.54) is 11.9 Å². The molecule has 1 aromatic rings. The van der Waals surface area contributed by atoms with Gasteiger partial charge < -0.3 is 10.1 Å². The number of anilines is 1. The Kier molecular flexibility index (Phi) is 3.15. The SMILES string of the molecule is CN1C(=O)OCC1C(=O)Nc1cccc(C#N)c1. The number of hydrogen-bond donors (Lipinski definition) is 1. The van der Waals surface area contributed by atoms with E-state index in [0.29, 0.717) is 11.3 Å². The van der Waals surface area contributed by atoms with Gasteiger partial charge in [0.1, 0.15) is 12.6 Å². The van der Waals surface area contributed by atoms with E-state index < -0.39 is 12.1 Å². The lowest BCUT2D eigenvalue weighted by Gasteiger charge is -2.15. The maximum absolute atomic E-state index is 11.9. The predicted octanol–water partition coefficient (Wildman–Crippen LogP) is 0.947. The lowest BCUT2D eigenvalue weighted by Crippen LogP contribution is -2.40. The minimum Gasteiger partial charge on any atom is -0.447 e. The van der Waals surface area contributed by atoms with Gasteiger partial charge in [-0.1, -0.05) is 6.07 Å². The fraction of sp³-hybridized carbons (Fsp3) is 0.250. The fourth-order valence-corrected chi connectivity index (χ4v) is 1.63. The Hall–Kier alpha value is -2.55. The third kappa shape index (κ3) is 2.25. The largest absolute Gasteiger partial charge is 0.447 e. The highest BCUT2D eigenvalue weighted by Gasteiger charge is 2.35. The molecule has 0 aromatic heterocycles. The van der Waals surface area contributed by atoms with Crippen LogP contribution >= 0.6 is 0 Å². The van der Waals surface area contributed by atoms with Gasteiger partial charge in [-0.15, -0.1) is 0 Å². The Labute approximate surface area is 104 Å². The zero-order valence-corrected chi connectivity index (χ0v) is 9.71. The molecule has 1 aromatic carbocycles. The average Bonchev–Trinajstić information content (AvgIpc) is 2.70. The minimum absolute atomic E-state index is 0.0408. The molecule has 0 saturated carbocycles. The minimum atomic E-state index is -0.636. The highest BCUT2D eigenvalue weighted by molar-refractivity contribution is 5.97. The Morgan fingerprint density at radius 3 is 3.00 bits per heavy atom. The second-order valence-electron chi connectivity index (χ2n) is 3.89. The summed E-state index contributed by atoms with van der Waals surface area (Å²) < 4.78 is 4.76. The van der Waals surface area contributed by atoms with Crippen molar-refractivity contribution in [3.63, 3.8) is 0 Å². The van der Waals surface area contributed by atoms with Crippen LogP contribution in [0, 0.1) is 11.3 Å². The number of carbonyl (C=O) groups is 2. The van der Waals surface area contributed by atoms with E-state index in [1.807, 2.05) is 6.07 Å². The summed E-state index contributed by atoms with van der Waals surface area (Å²) in [5.41, 5.74) is 0.978. The summed E-state index contributed by atoms with van der Waals surface area (Å²) in [6.07, 6.45) is -0.513. The normalized spacial score (nSPS) is 18.1. The monoisotopic (exact) mass is 245 g/mol. The van der Waals surface area contributed by atoms with Gasteiger partial charge in [-0.3, -0.25) is 9.69 Å². The van der Waals surface area contributed by atoms with E-state index in [-0.39, 0.29) is 12.5 Å². The first kappa shape index (κ1) is 11.9. The second-order valence-corrected chi connectivity index (χ2v) is 3.89. The number of nitrogens with zero attached hydrogens (tertiary/aromatic N) is 2. The van der Waals surface area contributed by atoms with Crippen LogP contribution in [0.25, 0.3) is 0 Å². The maximum Gasteiger partial charge on any atom is 0.410 e. The molecule has 0 radical (unpaired) electrons. The molecule has 0 bridgehead atoms. The lowest BCUT2D eigenvalue weighted by atomic mass is 10.2. The molecule has 1 unspecified atom stereocenters. The summed E-state index contributed by atoms with van der Waals surface area (Å²) in [5.74, 6) is -0.335. The molecule has 0 aliphatic carbocycles. The third-order valence-corrected chi connectivity index (χ3v) is 2.68. The molecule has 1 saturated heterocycles. The van der Waals surface area contributed by atoms with Gasteiger partial charge >= 0.3 is 6.09 Å². The molecule has 1 heterocycles. The molecule has 2 amide bonds. The molecule has 1 fully saturated rings. The van der Waals surface area contributed by atoms with Crippen LogP contribution in [0.5, 0.6) is 0 Å². The predicted molar refractivity (Wildman–Crippen MR) is 62.7 cm³/mol. The van der Waals surface area contributed by atoms with Crippen LogP contribution in [0.15, 0.2) is 24.3 Å². The van der Waals surface area contributed by atoms with Crippen molar-refractivity contribution in [1.82, 2.24) is 4.90 Å². The van der Waals surface area contributed by atoms with Gasteiger partial charge in [0.2, 0.25) is 0 Å². The summed E-state index contributed by atoms with van der Waals surface area (Å²) in [5, 5.41) is 11.4. The molecule has 6 heteroatoms. The molecular weight excluding hydrogens is 234 g/mol. The van der Waals surface area contributed by atoms with Gasteiger partial charge in [-0.2, -0.15) is 5.26 Å². The summed E-state index contributed by atoms with van der Waals surface area (Å²) in [6.45, 7) is 0.0408. The molecule has 1 aliphatic heterocycles. The first-order valence-electron chi connectivity index (χ1n) is 5.32. The van der Waals surface area contributed by atoms with E-state index in [4.69, 9.17) is 10.00 Å². The van der Waals surface area contributed by atoms with Crippen LogP contribution in [0.1, 0.15) is 5.56 Å². The fourth-order valence-electron chi connectivity index (χ4n) is 1.63. The molecule has 0 spiro atoms. The van der Waals surface area contributed by atoms with Gasteiger partial charge in [0.15, 0.2) is 0 Å². The van der Waals surface area contributed by atoms with Gasteiger partial charge in [0, 0.05) is 12.7 Å². The highest BCUT2D eigenvalue weighted by Crippen LogP contribution is 2.14. The topological polar surface area (TPSA) is 82.4 Å². The average molecular weight is 245 g/mol. The standard InChI is InChI=1S/C12H11N3O3/c1-15-10(7-18-12(15)17)11(16)14-9-4-2-3-8(5-9)6-13/h2-5,10H,7H2,1H3,(H,14,16). The van der Waals surface area contributed by atoms with Gasteiger partial charge in [0.25, 0.3) is 5.91 Å². The van der Waals surface area contributed by atoms with Crippen LogP contribution in [-0.2, 0) is 9.53 Å². The number of hydrogen-bond acceptors (Lipinski definition) is 4. The maximum atomic E-state index is 11.9. The Morgan fingerprint density at radius 1 is 1.61 bits per heavy atom. The van der Waals surface area contributed by atoms with E-state index >= 15 is 0 Å². The number of nitriles is 1. The van der Waals surface area contributed by atoms with Crippen LogP contribution in [0.2, 0.25) is 0 Å². The van der Waals surface area contributed by atoms with Crippen LogP contribution in [0.3, 0.4) is 0 Å². The number of rotatable bonds is 2. The van der Waals surface area contributed by atoms with Crippen molar-refractivity contribution in [3.05, 3.63) is 29.8 Å². The Balaban J connectivity index is 2.08. The zero-order valence-electron chi connectivity index (χ0n) is 9.71. The van der Waals surface area contributed by atoms with Crippen LogP contribution in [0.4, 0.5) is 10.5 Å². The number of ether oxygens (including phenoxy) is 1. The third-order valence-electron chi connectivity index (χ3n) is 2.68. The number of likely N-dealkylation sites (N-methyl/N-ethyl adjacent to an activating group) is 1. The van der Waals surface area contributed by atoms with Gasteiger partial charge in [0.05, 0.1) is 11.6 Å². The van der Waals surface area contributed by atoms with Crippen molar-refractivity contribution in [2.75, 3.05) is 19.0 Å². The summed E-state index contributed by atoms with van der Waals surface area (Å²) in [4.78, 5) is 24.3. The van der Waals surface area contributed by atoms with Crippen molar-refractivity contribution in [2.45, 2.75) is 6.04 Å². The smallest absolute Gasteiger partial charge is 0.410 e. The van der Waals surface area contributed by atoms with E-state index in [2.05, 4.69) is 5.32 Å². The van der Waals surface area contributed by atoms with Crippen molar-refractivity contribution in [3.8, 4) is 6.07 Å². The van der Waals surface area contributed by atoms with E-state index in [1.54, 1.807) is 24.3 Å². The van der Waals surface area contributed by atoms with Crippen LogP contribution < -0.4 is 5.32 Å². The van der Waals surface area contributed by atoms with Gasteiger partial charge in [-0.05, 0) is 18.2 Å². The number of amides is 2. The number of benzene rings is 1. The zero-order chi connectivity index (χ0) is 13.1. The van der Waals surface area contributed by atoms with Crippen LogP contribution in [-0.4, -0.2) is 36.6 Å². The molecule has 6 nitrogen and oxygen atoms in total. The summed E-state index contributed by atoms with van der Waals surface area (Å²) in [7, 11) is 1.51. The molecule has 1 aliphatic rings. The van der Waals surface area contributed by atoms with Crippen molar-refractivity contribution in [1.29, 1.82) is 5.26 Å². The molecular formula is C12H11N3O3. The molecule has 1 N–H and O–H groups in total. The van der Waals surface area contributed by atoms with Crippen molar-refractivity contribution >= 4 is 17.7 Å². The highest BCUT2D eigenvalue weighted by atomic mass is 16.6. The summed E-state index contributed by atoms with van der Waals surface area (Å²) in [6, 6.07) is 7.91. The molecule has 1 atom stereocenters. The van der Waals surface area contributed by atoms with Crippen molar-refractivity contribution < 1.29 is 14.3 Å². The quantitative estimate of drug-likeness (QED) is 0.840. The number of cyclic esters (lactones) is 1. The lowest BCUT2D eigenvalue weighted by molar-refractivity contribution is -0.119. The number of carbonyl (C=O) groups excluding carboxylic acids is 2. The Bertz CT molecular complexity index is 536. The first-order chi connectivity index (χ1) is 8.61. The number of nitrogens with one attached hydrogen (secondary N) is 1. The van der Waals surface area contributed by atoms with Gasteiger partial charge in [-0.25, -0.2) is 4.79 Å². The summed E-state index contributed by atoms with van der Waals surface area (Å²) >= 11 is 0. The van der Waals surface area contributed by atoms with E-state index in [9.17, 15) is 9.59 Å². The molecule has 2 rings (SSSR count). The molecule has 92 valence electrons. The molecule has 18 heavy (non-hydrogen) atoms.